The standard InChI is InChI=1S/C13H21N3/c1-2-7-16-13(10-4-3-5-10)11-9-15-8-6-12(11)14/h6,8-10,13,16H,2-5,7H2,1H3,(H2,14,15). The van der Waals surface area contributed by atoms with Gasteiger partial charge in [-0.2, -0.15) is 0 Å². The molecule has 0 aromatic carbocycles. The smallest absolute Gasteiger partial charge is 0.0393 e. The van der Waals surface area contributed by atoms with Gasteiger partial charge < -0.3 is 11.1 Å². The van der Waals surface area contributed by atoms with Crippen LogP contribution in [0.15, 0.2) is 18.5 Å². The van der Waals surface area contributed by atoms with Crippen LogP contribution in [0.4, 0.5) is 5.69 Å². The number of nitrogen functional groups attached to an aromatic ring is 1. The van der Waals surface area contributed by atoms with Gasteiger partial charge in [-0.05, 0) is 37.8 Å². The summed E-state index contributed by atoms with van der Waals surface area (Å²) < 4.78 is 0. The lowest BCUT2D eigenvalue weighted by Crippen LogP contribution is -2.33. The summed E-state index contributed by atoms with van der Waals surface area (Å²) in [6, 6.07) is 2.30. The zero-order valence-corrected chi connectivity index (χ0v) is 9.95. The Morgan fingerprint density at radius 3 is 2.94 bits per heavy atom. The summed E-state index contributed by atoms with van der Waals surface area (Å²) in [5.74, 6) is 0.748. The number of nitrogens with two attached hydrogens (primary N) is 1. The second-order valence-electron chi connectivity index (χ2n) is 4.63. The Labute approximate surface area is 97.5 Å². The summed E-state index contributed by atoms with van der Waals surface area (Å²) >= 11 is 0. The van der Waals surface area contributed by atoms with E-state index in [0.29, 0.717) is 6.04 Å². The van der Waals surface area contributed by atoms with Crippen LogP contribution in [0.1, 0.15) is 44.2 Å². The fourth-order valence-corrected chi connectivity index (χ4v) is 2.28. The largest absolute Gasteiger partial charge is 0.398 e. The van der Waals surface area contributed by atoms with Gasteiger partial charge >= 0.3 is 0 Å². The summed E-state index contributed by atoms with van der Waals surface area (Å²) in [7, 11) is 0. The van der Waals surface area contributed by atoms with Crippen molar-refractivity contribution in [2.24, 2.45) is 5.92 Å². The molecule has 1 saturated carbocycles. The third-order valence-electron chi connectivity index (χ3n) is 3.46. The fraction of sp³-hybridized carbons (Fsp3) is 0.615. The van der Waals surface area contributed by atoms with Crippen molar-refractivity contribution in [3.05, 3.63) is 24.0 Å². The number of hydrogen-bond acceptors (Lipinski definition) is 3. The van der Waals surface area contributed by atoms with Crippen molar-refractivity contribution in [1.29, 1.82) is 0 Å². The van der Waals surface area contributed by atoms with Crippen LogP contribution in [-0.2, 0) is 0 Å². The minimum atomic E-state index is 0.405. The zero-order chi connectivity index (χ0) is 11.4. The van der Waals surface area contributed by atoms with E-state index in [1.165, 1.54) is 24.8 Å². The minimum absolute atomic E-state index is 0.405. The number of rotatable bonds is 5. The Bertz CT molecular complexity index is 334. The maximum absolute atomic E-state index is 6.03. The molecule has 0 bridgehead atoms. The molecular formula is C13H21N3. The summed E-state index contributed by atoms with van der Waals surface area (Å²) in [6.45, 7) is 3.24. The van der Waals surface area contributed by atoms with Crippen LogP contribution in [-0.4, -0.2) is 11.5 Å². The Kier molecular flexibility index (Phi) is 3.78. The van der Waals surface area contributed by atoms with Gasteiger partial charge in [-0.25, -0.2) is 0 Å². The van der Waals surface area contributed by atoms with E-state index in [1.807, 2.05) is 12.3 Å². The molecule has 1 heterocycles. The second kappa shape index (κ2) is 5.30. The van der Waals surface area contributed by atoms with Crippen LogP contribution in [0.5, 0.6) is 0 Å². The molecule has 0 radical (unpaired) electrons. The van der Waals surface area contributed by atoms with Gasteiger partial charge in [0.15, 0.2) is 0 Å². The molecule has 3 heteroatoms. The van der Waals surface area contributed by atoms with E-state index in [2.05, 4.69) is 17.2 Å². The third-order valence-corrected chi connectivity index (χ3v) is 3.46. The van der Waals surface area contributed by atoms with Crippen LogP contribution in [0.3, 0.4) is 0 Å². The van der Waals surface area contributed by atoms with Crippen molar-refractivity contribution in [1.82, 2.24) is 10.3 Å². The molecule has 1 aromatic heterocycles. The van der Waals surface area contributed by atoms with Crippen molar-refractivity contribution < 1.29 is 0 Å². The van der Waals surface area contributed by atoms with E-state index in [4.69, 9.17) is 5.73 Å². The second-order valence-corrected chi connectivity index (χ2v) is 4.63. The highest BCUT2D eigenvalue weighted by Crippen LogP contribution is 2.39. The normalized spacial score (nSPS) is 18.1. The molecule has 2 rings (SSSR count). The van der Waals surface area contributed by atoms with E-state index in [-0.39, 0.29) is 0 Å². The molecule has 3 N–H and O–H groups in total. The average Bonchev–Trinajstić information content (AvgIpc) is 2.22. The first-order valence-electron chi connectivity index (χ1n) is 6.25. The molecule has 1 atom stereocenters. The summed E-state index contributed by atoms with van der Waals surface area (Å²) in [5.41, 5.74) is 8.08. The highest BCUT2D eigenvalue weighted by Gasteiger charge is 2.29. The van der Waals surface area contributed by atoms with E-state index >= 15 is 0 Å². The van der Waals surface area contributed by atoms with Crippen molar-refractivity contribution in [2.75, 3.05) is 12.3 Å². The fourth-order valence-electron chi connectivity index (χ4n) is 2.28. The Morgan fingerprint density at radius 2 is 2.38 bits per heavy atom. The Balaban J connectivity index is 2.13. The molecule has 1 unspecified atom stereocenters. The lowest BCUT2D eigenvalue weighted by atomic mass is 9.77. The van der Waals surface area contributed by atoms with Gasteiger partial charge in [-0.1, -0.05) is 13.3 Å². The zero-order valence-electron chi connectivity index (χ0n) is 9.95. The molecule has 1 aromatic rings. The van der Waals surface area contributed by atoms with Gasteiger partial charge in [0.05, 0.1) is 0 Å². The van der Waals surface area contributed by atoms with Gasteiger partial charge in [0, 0.05) is 29.7 Å². The maximum atomic E-state index is 6.03. The highest BCUT2D eigenvalue weighted by molar-refractivity contribution is 5.46. The number of nitrogens with one attached hydrogen (secondary N) is 1. The molecule has 0 spiro atoms. The van der Waals surface area contributed by atoms with Gasteiger partial charge in [-0.15, -0.1) is 0 Å². The lowest BCUT2D eigenvalue weighted by Gasteiger charge is -2.35. The lowest BCUT2D eigenvalue weighted by molar-refractivity contribution is 0.231. The molecule has 1 fully saturated rings. The molecular weight excluding hydrogens is 198 g/mol. The monoisotopic (exact) mass is 219 g/mol. The SMILES string of the molecule is CCCNC(c1cnccc1N)C1CCC1. The van der Waals surface area contributed by atoms with Gasteiger partial charge in [0.25, 0.3) is 0 Å². The predicted octanol–water partition coefficient (Wildman–Crippen LogP) is 2.50. The number of aromatic nitrogens is 1. The number of hydrogen-bond donors (Lipinski definition) is 2. The molecule has 0 saturated heterocycles. The number of pyridine rings is 1. The molecule has 88 valence electrons. The Morgan fingerprint density at radius 1 is 1.56 bits per heavy atom. The summed E-state index contributed by atoms with van der Waals surface area (Å²) in [6.07, 6.45) is 8.82. The van der Waals surface area contributed by atoms with E-state index in [9.17, 15) is 0 Å². The maximum Gasteiger partial charge on any atom is 0.0393 e. The molecule has 16 heavy (non-hydrogen) atoms. The summed E-state index contributed by atoms with van der Waals surface area (Å²) in [4.78, 5) is 4.20. The van der Waals surface area contributed by atoms with Crippen LogP contribution in [0, 0.1) is 5.92 Å². The van der Waals surface area contributed by atoms with Gasteiger partial charge in [0.2, 0.25) is 0 Å². The number of anilines is 1. The molecule has 1 aliphatic rings. The highest BCUT2D eigenvalue weighted by atomic mass is 14.9. The number of nitrogens with zero attached hydrogens (tertiary/aromatic N) is 1. The molecule has 1 aliphatic carbocycles. The quantitative estimate of drug-likeness (QED) is 0.800. The van der Waals surface area contributed by atoms with E-state index in [0.717, 1.165) is 24.6 Å². The van der Waals surface area contributed by atoms with E-state index < -0.39 is 0 Å². The van der Waals surface area contributed by atoms with Crippen molar-refractivity contribution >= 4 is 5.69 Å². The first kappa shape index (κ1) is 11.4. The topological polar surface area (TPSA) is 50.9 Å². The van der Waals surface area contributed by atoms with Crippen LogP contribution in [0.25, 0.3) is 0 Å². The Hall–Kier alpha value is -1.09. The molecule has 3 nitrogen and oxygen atoms in total. The van der Waals surface area contributed by atoms with Gasteiger partial charge in [0.1, 0.15) is 0 Å². The van der Waals surface area contributed by atoms with Crippen LogP contribution >= 0.6 is 0 Å². The predicted molar refractivity (Wildman–Crippen MR) is 67.0 cm³/mol. The first-order valence-corrected chi connectivity index (χ1v) is 6.25. The van der Waals surface area contributed by atoms with E-state index in [1.54, 1.807) is 6.20 Å². The third kappa shape index (κ3) is 2.35. The van der Waals surface area contributed by atoms with Crippen molar-refractivity contribution in [3.63, 3.8) is 0 Å². The molecule has 0 amide bonds. The molecule has 0 aliphatic heterocycles. The van der Waals surface area contributed by atoms with Gasteiger partial charge in [-0.3, -0.25) is 4.98 Å². The minimum Gasteiger partial charge on any atom is -0.398 e. The van der Waals surface area contributed by atoms with Crippen molar-refractivity contribution in [2.45, 2.75) is 38.6 Å². The summed E-state index contributed by atoms with van der Waals surface area (Å²) in [5, 5.41) is 3.61. The average molecular weight is 219 g/mol. The first-order chi connectivity index (χ1) is 7.83. The van der Waals surface area contributed by atoms with Crippen LogP contribution in [0.2, 0.25) is 0 Å². The van der Waals surface area contributed by atoms with Crippen molar-refractivity contribution in [3.8, 4) is 0 Å². The van der Waals surface area contributed by atoms with Crippen LogP contribution < -0.4 is 11.1 Å².